The van der Waals surface area contributed by atoms with Gasteiger partial charge in [0.2, 0.25) is 0 Å². The molecule has 3 aromatic heterocycles. The molecule has 142 valence electrons. The van der Waals surface area contributed by atoms with Crippen molar-refractivity contribution in [1.29, 1.82) is 0 Å². The lowest BCUT2D eigenvalue weighted by atomic mass is 9.89. The topological polar surface area (TPSA) is 81.8 Å². The molecule has 0 saturated carbocycles. The second kappa shape index (κ2) is 6.87. The second-order valence-electron chi connectivity index (χ2n) is 6.95. The van der Waals surface area contributed by atoms with E-state index in [2.05, 4.69) is 38.4 Å². The molecule has 1 aliphatic rings. The Balaban J connectivity index is 1.77. The number of nitrogens with one attached hydrogen (secondary N) is 1. The van der Waals surface area contributed by atoms with Crippen LogP contribution in [0.1, 0.15) is 47.0 Å². The normalized spacial score (nSPS) is 16.5. The monoisotopic (exact) mass is 449 g/mol. The fourth-order valence-electron chi connectivity index (χ4n) is 3.49. The van der Waals surface area contributed by atoms with Crippen molar-refractivity contribution in [2.75, 3.05) is 5.43 Å². The van der Waals surface area contributed by atoms with Crippen LogP contribution in [-0.2, 0) is 19.4 Å². The quantitative estimate of drug-likeness (QED) is 0.664. The molecule has 1 aliphatic carbocycles. The highest BCUT2D eigenvalue weighted by molar-refractivity contribution is 9.10. The van der Waals surface area contributed by atoms with Gasteiger partial charge in [0.25, 0.3) is 11.5 Å². The van der Waals surface area contributed by atoms with Gasteiger partial charge in [-0.25, -0.2) is 9.66 Å². The van der Waals surface area contributed by atoms with Crippen LogP contribution in [0.5, 0.6) is 0 Å². The van der Waals surface area contributed by atoms with Crippen LogP contribution >= 0.6 is 27.3 Å². The third-order valence-electron chi connectivity index (χ3n) is 4.97. The second-order valence-corrected chi connectivity index (χ2v) is 8.89. The average Bonchev–Trinajstić information content (AvgIpc) is 3.17. The summed E-state index contributed by atoms with van der Waals surface area (Å²) in [6.45, 7) is 6.55. The van der Waals surface area contributed by atoms with Crippen molar-refractivity contribution in [3.05, 3.63) is 43.0 Å². The van der Waals surface area contributed by atoms with E-state index in [1.807, 2.05) is 6.92 Å². The number of hydrogen-bond donors (Lipinski definition) is 1. The van der Waals surface area contributed by atoms with Gasteiger partial charge >= 0.3 is 0 Å². The van der Waals surface area contributed by atoms with E-state index in [0.717, 1.165) is 29.7 Å². The molecule has 4 rings (SSSR count). The molecule has 0 unspecified atom stereocenters. The lowest BCUT2D eigenvalue weighted by Crippen LogP contribution is -2.36. The van der Waals surface area contributed by atoms with E-state index in [1.165, 1.54) is 9.55 Å². The summed E-state index contributed by atoms with van der Waals surface area (Å²) in [4.78, 5) is 32.4. The number of fused-ring (bicyclic) bond motifs is 3. The van der Waals surface area contributed by atoms with Crippen molar-refractivity contribution in [3.63, 3.8) is 0 Å². The fraction of sp³-hybridized carbons (Fsp3) is 0.444. The third-order valence-corrected chi connectivity index (χ3v) is 6.70. The number of rotatable bonds is 3. The zero-order valence-corrected chi connectivity index (χ0v) is 17.8. The summed E-state index contributed by atoms with van der Waals surface area (Å²) >= 11 is 4.96. The minimum absolute atomic E-state index is 0.219. The highest BCUT2D eigenvalue weighted by Gasteiger charge is 2.25. The fourth-order valence-corrected chi connectivity index (χ4v) is 5.41. The Morgan fingerprint density at radius 1 is 1.48 bits per heavy atom. The smallest absolute Gasteiger partial charge is 0.271 e. The number of aryl methyl sites for hydroxylation is 3. The lowest BCUT2D eigenvalue weighted by Gasteiger charge is -2.17. The first kappa shape index (κ1) is 18.4. The summed E-state index contributed by atoms with van der Waals surface area (Å²) in [5, 5.41) is 4.88. The van der Waals surface area contributed by atoms with E-state index in [9.17, 15) is 9.59 Å². The van der Waals surface area contributed by atoms with E-state index in [-0.39, 0.29) is 11.3 Å². The van der Waals surface area contributed by atoms with E-state index < -0.39 is 5.91 Å². The molecule has 9 heteroatoms. The first-order valence-electron chi connectivity index (χ1n) is 8.97. The maximum Gasteiger partial charge on any atom is 0.291 e. The molecule has 0 aromatic carbocycles. The first-order valence-corrected chi connectivity index (χ1v) is 10.6. The van der Waals surface area contributed by atoms with Crippen molar-refractivity contribution in [2.45, 2.75) is 46.6 Å². The molecule has 1 atom stereocenters. The van der Waals surface area contributed by atoms with Gasteiger partial charge in [-0.05, 0) is 60.5 Å². The number of nitrogens with zero attached hydrogens (tertiary/aromatic N) is 4. The minimum Gasteiger partial charge on any atom is -0.271 e. The average molecular weight is 450 g/mol. The zero-order chi connectivity index (χ0) is 19.3. The number of carbonyl (C=O) groups excluding carboxylic acids is 1. The van der Waals surface area contributed by atoms with Crippen molar-refractivity contribution in [3.8, 4) is 0 Å². The van der Waals surface area contributed by atoms with Crippen LogP contribution in [-0.4, -0.2) is 25.3 Å². The molecule has 7 nitrogen and oxygen atoms in total. The van der Waals surface area contributed by atoms with Crippen LogP contribution in [0.15, 0.2) is 15.5 Å². The highest BCUT2D eigenvalue weighted by Crippen LogP contribution is 2.35. The van der Waals surface area contributed by atoms with Gasteiger partial charge in [-0.2, -0.15) is 5.10 Å². The van der Waals surface area contributed by atoms with E-state index in [0.29, 0.717) is 28.1 Å². The Kier molecular flexibility index (Phi) is 4.67. The molecule has 0 bridgehead atoms. The predicted octanol–water partition coefficient (Wildman–Crippen LogP) is 3.25. The Hall–Kier alpha value is -2.00. The number of carbonyl (C=O) groups is 1. The molecule has 1 N–H and O–H groups in total. The van der Waals surface area contributed by atoms with Crippen molar-refractivity contribution >= 4 is 43.4 Å². The van der Waals surface area contributed by atoms with E-state index in [1.54, 1.807) is 29.1 Å². The lowest BCUT2D eigenvalue weighted by molar-refractivity contribution is 0.1000. The molecule has 0 aliphatic heterocycles. The maximum atomic E-state index is 13.2. The van der Waals surface area contributed by atoms with Crippen molar-refractivity contribution < 1.29 is 4.79 Å². The number of hydrogen-bond acceptors (Lipinski definition) is 5. The van der Waals surface area contributed by atoms with Gasteiger partial charge in [0.1, 0.15) is 10.7 Å². The molecule has 0 radical (unpaired) electrons. The van der Waals surface area contributed by atoms with Crippen LogP contribution in [0.2, 0.25) is 0 Å². The van der Waals surface area contributed by atoms with Crippen LogP contribution in [0, 0.1) is 12.8 Å². The van der Waals surface area contributed by atoms with Crippen molar-refractivity contribution in [1.82, 2.24) is 19.4 Å². The van der Waals surface area contributed by atoms with E-state index >= 15 is 0 Å². The molecular formula is C18H20BrN5O2S. The largest absolute Gasteiger partial charge is 0.291 e. The van der Waals surface area contributed by atoms with Crippen LogP contribution in [0.4, 0.5) is 0 Å². The number of thiophene rings is 1. The van der Waals surface area contributed by atoms with Gasteiger partial charge in [0, 0.05) is 17.6 Å². The number of aromatic nitrogens is 4. The Morgan fingerprint density at radius 2 is 2.26 bits per heavy atom. The van der Waals surface area contributed by atoms with Gasteiger partial charge in [-0.15, -0.1) is 11.3 Å². The minimum atomic E-state index is -0.446. The van der Waals surface area contributed by atoms with Gasteiger partial charge in [-0.1, -0.05) is 6.92 Å². The Bertz CT molecular complexity index is 1110. The summed E-state index contributed by atoms with van der Waals surface area (Å²) in [6, 6.07) is 0. The highest BCUT2D eigenvalue weighted by atomic mass is 79.9. The summed E-state index contributed by atoms with van der Waals surface area (Å²) in [5.41, 5.74) is 3.80. The van der Waals surface area contributed by atoms with Gasteiger partial charge in [-0.3, -0.25) is 19.7 Å². The van der Waals surface area contributed by atoms with Crippen LogP contribution in [0.25, 0.3) is 10.2 Å². The first-order chi connectivity index (χ1) is 12.9. The molecule has 0 saturated heterocycles. The Labute approximate surface area is 168 Å². The summed E-state index contributed by atoms with van der Waals surface area (Å²) < 4.78 is 3.49. The number of amides is 1. The van der Waals surface area contributed by atoms with Crippen LogP contribution < -0.4 is 11.0 Å². The number of halogens is 1. The molecule has 3 heterocycles. The van der Waals surface area contributed by atoms with E-state index in [4.69, 9.17) is 0 Å². The SMILES string of the molecule is CCn1cc(Br)c(C(=O)Nn2c(C)nc3sc4c(c3c2=O)CC[C@@H](C)C4)n1. The molecular weight excluding hydrogens is 430 g/mol. The molecule has 27 heavy (non-hydrogen) atoms. The standard InChI is InChI=1S/C18H20BrN5O2S/c1-4-23-8-12(19)15(21-23)16(25)22-24-10(3)20-17-14(18(24)26)11-6-5-9(2)7-13(11)27-17/h8-9H,4-7H2,1-3H3,(H,22,25)/t9-/m1/s1. The maximum absolute atomic E-state index is 13.2. The van der Waals surface area contributed by atoms with Gasteiger partial charge in [0.15, 0.2) is 5.69 Å². The summed E-state index contributed by atoms with van der Waals surface area (Å²) in [5.74, 6) is 0.635. The summed E-state index contributed by atoms with van der Waals surface area (Å²) in [7, 11) is 0. The Morgan fingerprint density at radius 3 is 2.96 bits per heavy atom. The third kappa shape index (κ3) is 3.12. The van der Waals surface area contributed by atoms with Crippen molar-refractivity contribution in [2.24, 2.45) is 5.92 Å². The summed E-state index contributed by atoms with van der Waals surface area (Å²) in [6.07, 6.45) is 4.68. The molecule has 0 spiro atoms. The van der Waals surface area contributed by atoms with Crippen LogP contribution in [0.3, 0.4) is 0 Å². The van der Waals surface area contributed by atoms with Gasteiger partial charge < -0.3 is 0 Å². The van der Waals surface area contributed by atoms with Gasteiger partial charge in [0.05, 0.1) is 9.86 Å². The molecule has 3 aromatic rings. The zero-order valence-electron chi connectivity index (χ0n) is 15.4. The predicted molar refractivity (Wildman–Crippen MR) is 109 cm³/mol. The molecule has 0 fully saturated rings. The molecule has 1 amide bonds.